The third-order valence-electron chi connectivity index (χ3n) is 5.38. The van der Waals surface area contributed by atoms with Crippen molar-refractivity contribution in [3.05, 3.63) is 77.9 Å². The molecule has 1 aliphatic rings. The second-order valence-electron chi connectivity index (χ2n) is 7.60. The molecule has 1 heterocycles. The molecule has 0 aliphatic carbocycles. The van der Waals surface area contributed by atoms with E-state index in [2.05, 4.69) is 10.6 Å². The van der Waals surface area contributed by atoms with Crippen molar-refractivity contribution in [2.24, 2.45) is 0 Å². The summed E-state index contributed by atoms with van der Waals surface area (Å²) in [5.74, 6) is -1.42. The van der Waals surface area contributed by atoms with Gasteiger partial charge in [-0.15, -0.1) is 0 Å². The molecule has 164 valence electrons. The zero-order chi connectivity index (χ0) is 23.1. The van der Waals surface area contributed by atoms with Gasteiger partial charge >= 0.3 is 12.2 Å². The third kappa shape index (κ3) is 3.77. The van der Waals surface area contributed by atoms with Crippen LogP contribution < -0.4 is 10.6 Å². The molecule has 0 radical (unpaired) electrons. The number of alkyl halides is 3. The molecule has 1 saturated heterocycles. The topological polar surface area (TPSA) is 78.5 Å². The van der Waals surface area contributed by atoms with Gasteiger partial charge in [-0.3, -0.25) is 14.5 Å². The van der Waals surface area contributed by atoms with Gasteiger partial charge in [-0.2, -0.15) is 13.2 Å². The highest BCUT2D eigenvalue weighted by atomic mass is 19.4. The Morgan fingerprint density at radius 3 is 2.47 bits per heavy atom. The van der Waals surface area contributed by atoms with Gasteiger partial charge in [-0.25, -0.2) is 4.79 Å². The first-order valence-electron chi connectivity index (χ1n) is 9.69. The van der Waals surface area contributed by atoms with Crippen LogP contribution in [0.5, 0.6) is 0 Å². The van der Waals surface area contributed by atoms with Crippen molar-refractivity contribution in [3.8, 4) is 0 Å². The quantitative estimate of drug-likeness (QED) is 0.594. The number of rotatable bonds is 4. The fraction of sp³-hybridized carbons (Fsp3) is 0.174. The number of anilines is 1. The molecule has 1 fully saturated rings. The van der Waals surface area contributed by atoms with Gasteiger partial charge in [0.15, 0.2) is 0 Å². The van der Waals surface area contributed by atoms with Gasteiger partial charge in [0.2, 0.25) is 5.91 Å². The molecule has 6 nitrogen and oxygen atoms in total. The van der Waals surface area contributed by atoms with Crippen LogP contribution in [0.25, 0.3) is 10.8 Å². The van der Waals surface area contributed by atoms with Crippen molar-refractivity contribution in [1.82, 2.24) is 10.2 Å². The van der Waals surface area contributed by atoms with Gasteiger partial charge in [0.05, 0.1) is 5.56 Å². The van der Waals surface area contributed by atoms with Crippen LogP contribution in [0.4, 0.5) is 23.7 Å². The summed E-state index contributed by atoms with van der Waals surface area (Å²) in [6.07, 6.45) is -4.56. The third-order valence-corrected chi connectivity index (χ3v) is 5.38. The number of nitrogens with zero attached hydrogens (tertiary/aromatic N) is 1. The molecule has 2 N–H and O–H groups in total. The maximum atomic E-state index is 13.2. The zero-order valence-corrected chi connectivity index (χ0v) is 16.9. The van der Waals surface area contributed by atoms with Crippen LogP contribution in [0, 0.1) is 0 Å². The molecule has 0 bridgehead atoms. The summed E-state index contributed by atoms with van der Waals surface area (Å²) in [6, 6.07) is 16.1. The maximum Gasteiger partial charge on any atom is 0.416 e. The lowest BCUT2D eigenvalue weighted by Gasteiger charge is -2.24. The molecule has 1 aliphatic heterocycles. The molecule has 4 rings (SSSR count). The lowest BCUT2D eigenvalue weighted by atomic mass is 9.88. The highest BCUT2D eigenvalue weighted by Gasteiger charge is 2.50. The number of imide groups is 1. The molecule has 9 heteroatoms. The normalized spacial score (nSPS) is 18.7. The SMILES string of the molecule is C[C@]1(c2cccc3ccccc23)NC(=O)N(CC(=O)Nc2cccc(C(F)(F)F)c2)C1=O. The monoisotopic (exact) mass is 441 g/mol. The Balaban J connectivity index is 1.55. The minimum atomic E-state index is -4.56. The molecule has 3 aromatic rings. The lowest BCUT2D eigenvalue weighted by Crippen LogP contribution is -2.42. The summed E-state index contributed by atoms with van der Waals surface area (Å²) < 4.78 is 38.6. The average Bonchev–Trinajstić information content (AvgIpc) is 2.96. The predicted octanol–water partition coefficient (Wildman–Crippen LogP) is 4.26. The summed E-state index contributed by atoms with van der Waals surface area (Å²) >= 11 is 0. The molecule has 0 unspecified atom stereocenters. The zero-order valence-electron chi connectivity index (χ0n) is 16.9. The Bertz CT molecular complexity index is 1240. The molecule has 1 atom stereocenters. The lowest BCUT2D eigenvalue weighted by molar-refractivity contribution is -0.137. The van der Waals surface area contributed by atoms with E-state index in [4.69, 9.17) is 0 Å². The summed E-state index contributed by atoms with van der Waals surface area (Å²) in [4.78, 5) is 38.9. The van der Waals surface area contributed by atoms with Gasteiger partial charge in [-0.1, -0.05) is 48.5 Å². The molecule has 0 saturated carbocycles. The van der Waals surface area contributed by atoms with Gasteiger partial charge in [0, 0.05) is 5.69 Å². The number of hydrogen-bond acceptors (Lipinski definition) is 3. The fourth-order valence-corrected chi connectivity index (χ4v) is 3.80. The van der Waals surface area contributed by atoms with Crippen LogP contribution in [0.2, 0.25) is 0 Å². The van der Waals surface area contributed by atoms with E-state index < -0.39 is 41.7 Å². The number of benzene rings is 3. The largest absolute Gasteiger partial charge is 0.416 e. The minimum absolute atomic E-state index is 0.0892. The van der Waals surface area contributed by atoms with E-state index in [-0.39, 0.29) is 5.69 Å². The van der Waals surface area contributed by atoms with Gasteiger partial charge < -0.3 is 10.6 Å². The number of nitrogens with one attached hydrogen (secondary N) is 2. The van der Waals surface area contributed by atoms with E-state index in [0.29, 0.717) is 5.56 Å². The number of carbonyl (C=O) groups excluding carboxylic acids is 3. The highest BCUT2D eigenvalue weighted by molar-refractivity contribution is 6.11. The first-order chi connectivity index (χ1) is 15.1. The number of hydrogen-bond donors (Lipinski definition) is 2. The highest BCUT2D eigenvalue weighted by Crippen LogP contribution is 2.34. The molecule has 32 heavy (non-hydrogen) atoms. The fourth-order valence-electron chi connectivity index (χ4n) is 3.80. The Morgan fingerprint density at radius 2 is 1.72 bits per heavy atom. The summed E-state index contributed by atoms with van der Waals surface area (Å²) in [5, 5.41) is 6.61. The van der Waals surface area contributed by atoms with Gasteiger partial charge in [0.1, 0.15) is 12.1 Å². The van der Waals surface area contributed by atoms with Gasteiger partial charge in [-0.05, 0) is 41.5 Å². The molecular weight excluding hydrogens is 423 g/mol. The van der Waals surface area contributed by atoms with Crippen molar-refractivity contribution in [1.29, 1.82) is 0 Å². The van der Waals surface area contributed by atoms with E-state index in [9.17, 15) is 27.6 Å². The first-order valence-corrected chi connectivity index (χ1v) is 9.69. The van der Waals surface area contributed by atoms with Crippen LogP contribution in [-0.2, 0) is 21.3 Å². The Kier molecular flexibility index (Phi) is 5.12. The second-order valence-corrected chi connectivity index (χ2v) is 7.60. The maximum absolute atomic E-state index is 13.2. The van der Waals surface area contributed by atoms with Crippen molar-refractivity contribution in [2.45, 2.75) is 18.6 Å². The van der Waals surface area contributed by atoms with Crippen LogP contribution in [-0.4, -0.2) is 29.3 Å². The summed E-state index contributed by atoms with van der Waals surface area (Å²) in [7, 11) is 0. The number of amides is 4. The Labute approximate surface area is 181 Å². The summed E-state index contributed by atoms with van der Waals surface area (Å²) in [6.45, 7) is 0.918. The van der Waals surface area contributed by atoms with E-state index in [1.165, 1.54) is 6.07 Å². The molecular formula is C23H18F3N3O3. The van der Waals surface area contributed by atoms with E-state index in [0.717, 1.165) is 33.9 Å². The van der Waals surface area contributed by atoms with E-state index in [1.807, 2.05) is 30.3 Å². The summed E-state index contributed by atoms with van der Waals surface area (Å²) in [5.41, 5.74) is -1.83. The molecule has 0 aromatic heterocycles. The smallest absolute Gasteiger partial charge is 0.325 e. The Morgan fingerprint density at radius 1 is 1.03 bits per heavy atom. The number of carbonyl (C=O) groups is 3. The molecule has 4 amide bonds. The van der Waals surface area contributed by atoms with Gasteiger partial charge in [0.25, 0.3) is 5.91 Å². The van der Waals surface area contributed by atoms with Crippen LogP contribution in [0.1, 0.15) is 18.1 Å². The van der Waals surface area contributed by atoms with Crippen molar-refractivity contribution < 1.29 is 27.6 Å². The number of urea groups is 1. The average molecular weight is 441 g/mol. The first kappa shape index (κ1) is 21.4. The number of fused-ring (bicyclic) bond motifs is 1. The van der Waals surface area contributed by atoms with Crippen LogP contribution >= 0.6 is 0 Å². The molecule has 0 spiro atoms. The van der Waals surface area contributed by atoms with E-state index in [1.54, 1.807) is 19.1 Å². The van der Waals surface area contributed by atoms with Crippen LogP contribution in [0.3, 0.4) is 0 Å². The standard InChI is InChI=1S/C23H18F3N3O3/c1-22(18-11-4-7-14-6-2-3-10-17(14)18)20(31)29(21(32)28-22)13-19(30)27-16-9-5-8-15(12-16)23(24,25)26/h2-12H,13H2,1H3,(H,27,30)(H,28,32)/t22-/m1/s1. The van der Waals surface area contributed by atoms with E-state index >= 15 is 0 Å². The minimum Gasteiger partial charge on any atom is -0.325 e. The van der Waals surface area contributed by atoms with Crippen molar-refractivity contribution in [2.75, 3.05) is 11.9 Å². The molecule has 3 aromatic carbocycles. The van der Waals surface area contributed by atoms with Crippen LogP contribution in [0.15, 0.2) is 66.7 Å². The van der Waals surface area contributed by atoms with Crippen molar-refractivity contribution >= 4 is 34.3 Å². The van der Waals surface area contributed by atoms with Crippen molar-refractivity contribution in [3.63, 3.8) is 0 Å². The predicted molar refractivity (Wildman–Crippen MR) is 112 cm³/mol. The second kappa shape index (κ2) is 7.67. The number of halogens is 3. The Hall–Kier alpha value is -3.88.